The first-order chi connectivity index (χ1) is 8.68. The molecule has 1 heterocycles. The Hall–Kier alpha value is -2.50. The first kappa shape index (κ1) is 12.0. The summed E-state index contributed by atoms with van der Waals surface area (Å²) >= 11 is 0. The number of nitrogens with zero attached hydrogens (tertiary/aromatic N) is 1. The minimum absolute atomic E-state index is 0.186. The normalized spacial score (nSPS) is 10.2. The average Bonchev–Trinajstić information content (AvgIpc) is 2.36. The van der Waals surface area contributed by atoms with E-state index >= 15 is 0 Å². The van der Waals surface area contributed by atoms with Crippen LogP contribution in [-0.2, 0) is 4.74 Å². The smallest absolute Gasteiger partial charge is 0.404 e. The van der Waals surface area contributed by atoms with Crippen LogP contribution in [0.5, 0.6) is 0 Å². The highest BCUT2D eigenvalue weighted by molar-refractivity contribution is 5.96. The van der Waals surface area contributed by atoms with Crippen LogP contribution < -0.4 is 16.8 Å². The van der Waals surface area contributed by atoms with Gasteiger partial charge in [0, 0.05) is 11.9 Å². The van der Waals surface area contributed by atoms with Crippen LogP contribution in [0.1, 0.15) is 0 Å². The first-order valence-electron chi connectivity index (χ1n) is 5.48. The van der Waals surface area contributed by atoms with Crippen molar-refractivity contribution in [2.75, 3.05) is 24.2 Å². The number of fused-ring (bicyclic) bond motifs is 1. The lowest BCUT2D eigenvalue weighted by Crippen LogP contribution is -2.18. The van der Waals surface area contributed by atoms with Crippen LogP contribution in [-0.4, -0.2) is 24.2 Å². The summed E-state index contributed by atoms with van der Waals surface area (Å²) in [4.78, 5) is 14.7. The number of hydrogen-bond donors (Lipinski definition) is 3. The van der Waals surface area contributed by atoms with E-state index in [1.54, 1.807) is 6.20 Å². The molecular weight excluding hydrogens is 232 g/mol. The Balaban J connectivity index is 2.16. The number of nitrogen functional groups attached to an aromatic ring is 1. The molecule has 0 saturated carbocycles. The van der Waals surface area contributed by atoms with Crippen molar-refractivity contribution in [1.29, 1.82) is 0 Å². The van der Waals surface area contributed by atoms with Crippen LogP contribution in [0, 0.1) is 0 Å². The van der Waals surface area contributed by atoms with Gasteiger partial charge in [0.15, 0.2) is 0 Å². The molecule has 0 saturated heterocycles. The third-order valence-electron chi connectivity index (χ3n) is 2.45. The number of amides is 1. The Labute approximate surface area is 104 Å². The molecule has 2 aromatic rings. The third-order valence-corrected chi connectivity index (χ3v) is 2.45. The number of nitrogens with one attached hydrogen (secondary N) is 1. The zero-order chi connectivity index (χ0) is 13.0. The fourth-order valence-corrected chi connectivity index (χ4v) is 1.68. The molecule has 1 amide bonds. The maximum atomic E-state index is 10.4. The molecule has 1 aromatic heterocycles. The van der Waals surface area contributed by atoms with E-state index in [0.29, 0.717) is 12.2 Å². The average molecular weight is 246 g/mol. The Morgan fingerprint density at radius 3 is 2.94 bits per heavy atom. The van der Waals surface area contributed by atoms with E-state index in [4.69, 9.17) is 11.5 Å². The van der Waals surface area contributed by atoms with Gasteiger partial charge in [-0.25, -0.2) is 4.79 Å². The molecule has 0 bridgehead atoms. The largest absolute Gasteiger partial charge is 0.448 e. The lowest BCUT2D eigenvalue weighted by molar-refractivity contribution is 0.161. The summed E-state index contributed by atoms with van der Waals surface area (Å²) in [7, 11) is 0. The number of para-hydroxylation sites is 1. The van der Waals surface area contributed by atoms with E-state index in [0.717, 1.165) is 16.6 Å². The van der Waals surface area contributed by atoms with Crippen molar-refractivity contribution < 1.29 is 9.53 Å². The fourth-order valence-electron chi connectivity index (χ4n) is 1.68. The lowest BCUT2D eigenvalue weighted by atomic mass is 10.1. The Morgan fingerprint density at radius 1 is 1.39 bits per heavy atom. The van der Waals surface area contributed by atoms with Gasteiger partial charge < -0.3 is 21.5 Å². The fraction of sp³-hybridized carbons (Fsp3) is 0.167. The van der Waals surface area contributed by atoms with E-state index in [1.165, 1.54) is 0 Å². The molecule has 94 valence electrons. The Kier molecular flexibility index (Phi) is 3.47. The molecule has 0 fully saturated rings. The van der Waals surface area contributed by atoms with Gasteiger partial charge >= 0.3 is 6.09 Å². The molecule has 0 aliphatic carbocycles. The summed E-state index contributed by atoms with van der Waals surface area (Å²) < 4.78 is 4.64. The maximum absolute atomic E-state index is 10.4. The van der Waals surface area contributed by atoms with Gasteiger partial charge in [0.1, 0.15) is 6.61 Å². The first-order valence-corrected chi connectivity index (χ1v) is 5.48. The van der Waals surface area contributed by atoms with Crippen LogP contribution in [0.4, 0.5) is 16.2 Å². The molecule has 6 nitrogen and oxygen atoms in total. The van der Waals surface area contributed by atoms with E-state index in [-0.39, 0.29) is 6.61 Å². The molecule has 1 aromatic carbocycles. The van der Waals surface area contributed by atoms with E-state index in [9.17, 15) is 4.79 Å². The topological polar surface area (TPSA) is 103 Å². The number of pyridine rings is 1. The van der Waals surface area contributed by atoms with Crippen LogP contribution >= 0.6 is 0 Å². The van der Waals surface area contributed by atoms with Crippen molar-refractivity contribution in [2.24, 2.45) is 5.73 Å². The van der Waals surface area contributed by atoms with Crippen LogP contribution in [0.2, 0.25) is 0 Å². The molecule has 0 atom stereocenters. The number of carbonyl (C=O) groups excluding carboxylic acids is 1. The molecule has 0 spiro atoms. The second kappa shape index (κ2) is 5.22. The predicted molar refractivity (Wildman–Crippen MR) is 70.2 cm³/mol. The lowest BCUT2D eigenvalue weighted by Gasteiger charge is -2.11. The van der Waals surface area contributed by atoms with E-state index in [2.05, 4.69) is 15.0 Å². The second-order valence-electron chi connectivity index (χ2n) is 3.70. The highest BCUT2D eigenvalue weighted by Crippen LogP contribution is 2.27. The van der Waals surface area contributed by atoms with Crippen LogP contribution in [0.15, 0.2) is 30.5 Å². The van der Waals surface area contributed by atoms with Gasteiger partial charge in [0.2, 0.25) is 0 Å². The van der Waals surface area contributed by atoms with Crippen molar-refractivity contribution >= 4 is 28.4 Å². The molecule has 0 unspecified atom stereocenters. The summed E-state index contributed by atoms with van der Waals surface area (Å²) in [5.41, 5.74) is 12.9. The summed E-state index contributed by atoms with van der Waals surface area (Å²) in [5.74, 6) is 0. The van der Waals surface area contributed by atoms with Gasteiger partial charge in [-0.15, -0.1) is 0 Å². The summed E-state index contributed by atoms with van der Waals surface area (Å²) in [6.45, 7) is 0.618. The van der Waals surface area contributed by atoms with Crippen LogP contribution in [0.25, 0.3) is 10.9 Å². The predicted octanol–water partition coefficient (Wildman–Crippen LogP) is 1.32. The minimum atomic E-state index is -0.788. The van der Waals surface area contributed by atoms with Gasteiger partial charge in [0.25, 0.3) is 0 Å². The van der Waals surface area contributed by atoms with E-state index in [1.807, 2.05) is 24.3 Å². The zero-order valence-electron chi connectivity index (χ0n) is 9.72. The highest BCUT2D eigenvalue weighted by Gasteiger charge is 2.05. The van der Waals surface area contributed by atoms with Crippen molar-refractivity contribution in [2.45, 2.75) is 0 Å². The van der Waals surface area contributed by atoms with Crippen molar-refractivity contribution in [1.82, 2.24) is 4.98 Å². The second-order valence-corrected chi connectivity index (χ2v) is 3.70. The van der Waals surface area contributed by atoms with Gasteiger partial charge in [-0.05, 0) is 6.07 Å². The quantitative estimate of drug-likeness (QED) is 0.706. The SMILES string of the molecule is NC(=O)OCCNc1c(N)cnc2ccccc12. The number of rotatable bonds is 4. The number of nitrogens with two attached hydrogens (primary N) is 2. The summed E-state index contributed by atoms with van der Waals surface area (Å²) in [6.07, 6.45) is 0.809. The maximum Gasteiger partial charge on any atom is 0.404 e. The van der Waals surface area contributed by atoms with Gasteiger partial charge in [0.05, 0.1) is 23.1 Å². The van der Waals surface area contributed by atoms with Gasteiger partial charge in [-0.2, -0.15) is 0 Å². The molecular formula is C12H14N4O2. The third kappa shape index (κ3) is 2.60. The molecule has 0 radical (unpaired) electrons. The number of primary amides is 1. The molecule has 6 heteroatoms. The molecule has 0 aliphatic rings. The monoisotopic (exact) mass is 246 g/mol. The molecule has 18 heavy (non-hydrogen) atoms. The van der Waals surface area contributed by atoms with Gasteiger partial charge in [-0.3, -0.25) is 4.98 Å². The highest BCUT2D eigenvalue weighted by atomic mass is 16.5. The number of anilines is 2. The number of benzene rings is 1. The summed E-state index contributed by atoms with van der Waals surface area (Å²) in [5, 5.41) is 4.04. The number of carbonyl (C=O) groups is 1. The van der Waals surface area contributed by atoms with Gasteiger partial charge in [-0.1, -0.05) is 18.2 Å². The summed E-state index contributed by atoms with van der Waals surface area (Å²) in [6, 6.07) is 7.65. The number of hydrogen-bond acceptors (Lipinski definition) is 5. The Morgan fingerprint density at radius 2 is 2.17 bits per heavy atom. The molecule has 0 aliphatic heterocycles. The number of ether oxygens (including phenoxy) is 1. The van der Waals surface area contributed by atoms with E-state index < -0.39 is 6.09 Å². The standard InChI is InChI=1S/C12H14N4O2/c13-9-7-16-10-4-2-1-3-8(10)11(9)15-5-6-18-12(14)17/h1-4,7H,5-6,13H2,(H2,14,17)(H,15,16). The zero-order valence-corrected chi connectivity index (χ0v) is 9.72. The molecule has 2 rings (SSSR count). The van der Waals surface area contributed by atoms with Crippen molar-refractivity contribution in [3.8, 4) is 0 Å². The van der Waals surface area contributed by atoms with Crippen LogP contribution in [0.3, 0.4) is 0 Å². The molecule has 5 N–H and O–H groups in total. The van der Waals surface area contributed by atoms with Crippen molar-refractivity contribution in [3.63, 3.8) is 0 Å². The minimum Gasteiger partial charge on any atom is -0.448 e. The number of aromatic nitrogens is 1. The van der Waals surface area contributed by atoms with Crippen molar-refractivity contribution in [3.05, 3.63) is 30.5 Å². The Bertz CT molecular complexity index is 571.